The molecular formula is C21H24N4O3S. The Bertz CT molecular complexity index is 881. The number of anilines is 1. The van der Waals surface area contributed by atoms with Gasteiger partial charge in [0.05, 0.1) is 23.8 Å². The van der Waals surface area contributed by atoms with Gasteiger partial charge in [0.15, 0.2) is 5.11 Å². The Kier molecular flexibility index (Phi) is 7.15. The van der Waals surface area contributed by atoms with Crippen LogP contribution < -0.4 is 10.1 Å². The highest BCUT2D eigenvalue weighted by molar-refractivity contribution is 7.80. The molecule has 7 nitrogen and oxygen atoms in total. The molecule has 1 aliphatic heterocycles. The minimum Gasteiger partial charge on any atom is -0.494 e. The number of nitro benzene ring substituents is 1. The van der Waals surface area contributed by atoms with Crippen LogP contribution in [0.4, 0.5) is 11.4 Å². The molecule has 8 heteroatoms. The summed E-state index contributed by atoms with van der Waals surface area (Å²) in [7, 11) is 1.48. The Hall–Kier alpha value is -2.97. The quantitative estimate of drug-likeness (QED) is 0.441. The topological polar surface area (TPSA) is 70.9 Å². The van der Waals surface area contributed by atoms with Gasteiger partial charge in [0.1, 0.15) is 5.75 Å². The average molecular weight is 413 g/mol. The Balaban J connectivity index is 1.50. The van der Waals surface area contributed by atoms with E-state index in [1.165, 1.54) is 24.8 Å². The summed E-state index contributed by atoms with van der Waals surface area (Å²) in [4.78, 5) is 15.0. The molecule has 1 N–H and O–H groups in total. The van der Waals surface area contributed by atoms with Crippen LogP contribution in [0.2, 0.25) is 0 Å². The molecule has 0 amide bonds. The van der Waals surface area contributed by atoms with Gasteiger partial charge in [-0.05, 0) is 23.8 Å². The van der Waals surface area contributed by atoms with E-state index < -0.39 is 4.92 Å². The second-order valence-electron chi connectivity index (χ2n) is 6.67. The maximum atomic E-state index is 10.9. The molecule has 0 aliphatic carbocycles. The van der Waals surface area contributed by atoms with Crippen LogP contribution in [0.5, 0.6) is 5.75 Å². The van der Waals surface area contributed by atoms with Gasteiger partial charge >= 0.3 is 0 Å². The minimum absolute atomic E-state index is 0.0181. The predicted octanol–water partition coefficient (Wildman–Crippen LogP) is 3.63. The summed E-state index contributed by atoms with van der Waals surface area (Å²) < 4.78 is 5.26. The summed E-state index contributed by atoms with van der Waals surface area (Å²) in [6.45, 7) is 4.37. The molecule has 29 heavy (non-hydrogen) atoms. The van der Waals surface area contributed by atoms with Gasteiger partial charge < -0.3 is 15.0 Å². The van der Waals surface area contributed by atoms with Crippen LogP contribution in [0.3, 0.4) is 0 Å². The van der Waals surface area contributed by atoms with E-state index in [0.717, 1.165) is 32.7 Å². The van der Waals surface area contributed by atoms with Crippen LogP contribution in [-0.2, 0) is 0 Å². The number of hydrogen-bond acceptors (Lipinski definition) is 5. The summed E-state index contributed by atoms with van der Waals surface area (Å²) in [5.74, 6) is 0.395. The number of piperazine rings is 1. The van der Waals surface area contributed by atoms with Crippen molar-refractivity contribution in [2.24, 2.45) is 0 Å². The van der Waals surface area contributed by atoms with E-state index in [0.29, 0.717) is 16.5 Å². The van der Waals surface area contributed by atoms with Crippen molar-refractivity contribution < 1.29 is 9.66 Å². The van der Waals surface area contributed by atoms with E-state index in [1.54, 1.807) is 6.07 Å². The van der Waals surface area contributed by atoms with Crippen molar-refractivity contribution in [2.45, 2.75) is 0 Å². The lowest BCUT2D eigenvalue weighted by Gasteiger charge is -2.35. The third-order valence-electron chi connectivity index (χ3n) is 4.77. The summed E-state index contributed by atoms with van der Waals surface area (Å²) >= 11 is 5.53. The van der Waals surface area contributed by atoms with E-state index in [4.69, 9.17) is 17.0 Å². The lowest BCUT2D eigenvalue weighted by Crippen LogP contribution is -2.49. The van der Waals surface area contributed by atoms with Gasteiger partial charge in [0.25, 0.3) is 5.69 Å². The number of hydrogen-bond donors (Lipinski definition) is 1. The number of rotatable bonds is 6. The molecule has 152 valence electrons. The Morgan fingerprint density at radius 1 is 1.21 bits per heavy atom. The molecule has 2 aromatic rings. The van der Waals surface area contributed by atoms with Gasteiger partial charge in [0, 0.05) is 38.8 Å². The summed E-state index contributed by atoms with van der Waals surface area (Å²) in [5, 5.41) is 14.7. The summed E-state index contributed by atoms with van der Waals surface area (Å²) in [6.07, 6.45) is 4.32. The molecule has 3 rings (SSSR count). The van der Waals surface area contributed by atoms with E-state index in [1.807, 2.05) is 18.2 Å². The van der Waals surface area contributed by atoms with Crippen molar-refractivity contribution in [3.05, 3.63) is 70.3 Å². The van der Waals surface area contributed by atoms with Gasteiger partial charge in [-0.1, -0.05) is 42.5 Å². The van der Waals surface area contributed by atoms with Gasteiger partial charge in [0.2, 0.25) is 0 Å². The van der Waals surface area contributed by atoms with E-state index in [9.17, 15) is 10.1 Å². The van der Waals surface area contributed by atoms with E-state index in [-0.39, 0.29) is 5.69 Å². The molecule has 0 radical (unpaired) electrons. The van der Waals surface area contributed by atoms with E-state index >= 15 is 0 Å². The minimum atomic E-state index is -0.448. The van der Waals surface area contributed by atoms with Crippen molar-refractivity contribution in [3.8, 4) is 5.75 Å². The Morgan fingerprint density at radius 2 is 1.93 bits per heavy atom. The van der Waals surface area contributed by atoms with Crippen molar-refractivity contribution in [3.63, 3.8) is 0 Å². The first-order valence-electron chi connectivity index (χ1n) is 9.39. The molecular weight excluding hydrogens is 388 g/mol. The zero-order chi connectivity index (χ0) is 20.6. The first kappa shape index (κ1) is 20.8. The first-order valence-corrected chi connectivity index (χ1v) is 9.80. The fourth-order valence-corrected chi connectivity index (χ4v) is 3.42. The SMILES string of the molecule is COc1cc([N+](=O)[O-])ccc1NC(=S)N1CCN(C/C=C/c2ccccc2)CC1. The summed E-state index contributed by atoms with van der Waals surface area (Å²) in [5.41, 5.74) is 1.81. The number of nitrogens with one attached hydrogen (secondary N) is 1. The van der Waals surface area contributed by atoms with Crippen LogP contribution in [0, 0.1) is 10.1 Å². The molecule has 1 aliphatic rings. The normalized spacial score (nSPS) is 14.7. The predicted molar refractivity (Wildman–Crippen MR) is 119 cm³/mol. The molecule has 1 fully saturated rings. The first-order chi connectivity index (χ1) is 14.1. The maximum Gasteiger partial charge on any atom is 0.273 e. The Labute approximate surface area is 175 Å². The van der Waals surface area contributed by atoms with Gasteiger partial charge in [-0.15, -0.1) is 0 Å². The van der Waals surface area contributed by atoms with Crippen molar-refractivity contribution in [2.75, 3.05) is 45.2 Å². The zero-order valence-electron chi connectivity index (χ0n) is 16.3. The Morgan fingerprint density at radius 3 is 2.59 bits per heavy atom. The average Bonchev–Trinajstić information content (AvgIpc) is 2.75. The zero-order valence-corrected chi connectivity index (χ0v) is 17.1. The number of non-ortho nitro benzene ring substituents is 1. The highest BCUT2D eigenvalue weighted by atomic mass is 32.1. The molecule has 0 unspecified atom stereocenters. The summed E-state index contributed by atoms with van der Waals surface area (Å²) in [6, 6.07) is 14.7. The third-order valence-corrected chi connectivity index (χ3v) is 5.13. The fourth-order valence-electron chi connectivity index (χ4n) is 3.13. The van der Waals surface area contributed by atoms with Gasteiger partial charge in [-0.2, -0.15) is 0 Å². The highest BCUT2D eigenvalue weighted by Crippen LogP contribution is 2.29. The van der Waals surface area contributed by atoms with Crippen LogP contribution >= 0.6 is 12.2 Å². The number of ether oxygens (including phenoxy) is 1. The molecule has 1 heterocycles. The molecule has 0 aromatic heterocycles. The number of methoxy groups -OCH3 is 1. The second-order valence-corrected chi connectivity index (χ2v) is 7.06. The monoisotopic (exact) mass is 412 g/mol. The number of nitrogens with zero attached hydrogens (tertiary/aromatic N) is 3. The van der Waals surface area contributed by atoms with Crippen molar-refractivity contribution in [1.82, 2.24) is 9.80 Å². The molecule has 0 spiro atoms. The maximum absolute atomic E-state index is 10.9. The van der Waals surface area contributed by atoms with Gasteiger partial charge in [-0.3, -0.25) is 15.0 Å². The van der Waals surface area contributed by atoms with Gasteiger partial charge in [-0.25, -0.2) is 0 Å². The van der Waals surface area contributed by atoms with E-state index in [2.05, 4.69) is 39.4 Å². The fraction of sp³-hybridized carbons (Fsp3) is 0.286. The van der Waals surface area contributed by atoms with Crippen LogP contribution in [-0.4, -0.2) is 59.7 Å². The number of nitro groups is 1. The number of benzene rings is 2. The lowest BCUT2D eigenvalue weighted by atomic mass is 10.2. The lowest BCUT2D eigenvalue weighted by molar-refractivity contribution is -0.384. The van der Waals surface area contributed by atoms with Crippen LogP contribution in [0.1, 0.15) is 5.56 Å². The van der Waals surface area contributed by atoms with Crippen LogP contribution in [0.15, 0.2) is 54.6 Å². The molecule has 1 saturated heterocycles. The van der Waals surface area contributed by atoms with Crippen LogP contribution in [0.25, 0.3) is 6.08 Å². The van der Waals surface area contributed by atoms with Crippen molar-refractivity contribution >= 4 is 34.8 Å². The largest absolute Gasteiger partial charge is 0.494 e. The standard InChI is InChI=1S/C21H24N4O3S/c1-28-20-16-18(25(26)27)9-10-19(20)22-21(29)24-14-12-23(13-15-24)11-5-8-17-6-3-2-4-7-17/h2-10,16H,11-15H2,1H3,(H,22,29)/b8-5+. The smallest absolute Gasteiger partial charge is 0.273 e. The third kappa shape index (κ3) is 5.75. The second kappa shape index (κ2) is 9.99. The highest BCUT2D eigenvalue weighted by Gasteiger charge is 2.19. The molecule has 2 aromatic carbocycles. The van der Waals surface area contributed by atoms with Crippen molar-refractivity contribution in [1.29, 1.82) is 0 Å². The molecule has 0 atom stereocenters. The number of thiocarbonyl (C=S) groups is 1. The molecule has 0 saturated carbocycles. The molecule has 0 bridgehead atoms.